The molecule has 6 nitrogen and oxygen atoms in total. The van der Waals surface area contributed by atoms with E-state index in [0.29, 0.717) is 31.3 Å². The summed E-state index contributed by atoms with van der Waals surface area (Å²) in [6, 6.07) is 3.99. The molecule has 0 aliphatic carbocycles. The Kier molecular flexibility index (Phi) is 4.48. The van der Waals surface area contributed by atoms with Crippen LogP contribution in [0.3, 0.4) is 0 Å². The quantitative estimate of drug-likeness (QED) is 0.815. The Balaban J connectivity index is 1.64. The van der Waals surface area contributed by atoms with Crippen molar-refractivity contribution in [2.24, 2.45) is 0 Å². The molecule has 1 aromatic carbocycles. The first-order chi connectivity index (χ1) is 10.3. The molecule has 1 saturated heterocycles. The molecule has 2 heterocycles. The Bertz CT molecular complexity index is 487. The number of ether oxygens (including phenoxy) is 5. The van der Waals surface area contributed by atoms with Crippen LogP contribution in [-0.2, 0) is 16.0 Å². The second-order valence-electron chi connectivity index (χ2n) is 5.30. The van der Waals surface area contributed by atoms with Gasteiger partial charge in [-0.05, 0) is 24.7 Å². The molecule has 0 spiro atoms. The van der Waals surface area contributed by atoms with Gasteiger partial charge in [0, 0.05) is 13.1 Å². The third-order valence-electron chi connectivity index (χ3n) is 3.57. The average Bonchev–Trinajstić information content (AvgIpc) is 2.95. The standard InChI is InChI=1S/C15H21NO5/c1-16(8-12-9-18-3-4-19-12)7-11-5-13(17-2)15-14(6-11)20-10-21-15/h5-6,12H,3-4,7-10H2,1-2H3/t12-/m0/s1. The summed E-state index contributed by atoms with van der Waals surface area (Å²) in [6.07, 6.45) is 0.139. The molecule has 0 N–H and O–H groups in total. The van der Waals surface area contributed by atoms with Gasteiger partial charge >= 0.3 is 0 Å². The summed E-state index contributed by atoms with van der Waals surface area (Å²) in [5, 5.41) is 0. The summed E-state index contributed by atoms with van der Waals surface area (Å²) in [4.78, 5) is 2.20. The SMILES string of the molecule is COc1cc(CN(C)C[C@H]2COCCO2)cc2c1OCO2. The van der Waals surface area contributed by atoms with Gasteiger partial charge in [0.2, 0.25) is 12.5 Å². The lowest BCUT2D eigenvalue weighted by Gasteiger charge is -2.27. The molecule has 1 fully saturated rings. The molecule has 116 valence electrons. The molecule has 1 atom stereocenters. The number of fused-ring (bicyclic) bond motifs is 1. The van der Waals surface area contributed by atoms with Crippen molar-refractivity contribution in [1.82, 2.24) is 4.90 Å². The number of nitrogens with zero attached hydrogens (tertiary/aromatic N) is 1. The van der Waals surface area contributed by atoms with Gasteiger partial charge in [0.1, 0.15) is 0 Å². The van der Waals surface area contributed by atoms with Crippen molar-refractivity contribution in [3.63, 3.8) is 0 Å². The zero-order valence-electron chi connectivity index (χ0n) is 12.5. The van der Waals surface area contributed by atoms with E-state index in [0.717, 1.165) is 24.4 Å². The van der Waals surface area contributed by atoms with E-state index in [9.17, 15) is 0 Å². The minimum atomic E-state index is 0.139. The third-order valence-corrected chi connectivity index (χ3v) is 3.57. The molecule has 3 rings (SSSR count). The van der Waals surface area contributed by atoms with Gasteiger partial charge in [0.05, 0.1) is 33.0 Å². The summed E-state index contributed by atoms with van der Waals surface area (Å²) < 4.78 is 27.3. The van der Waals surface area contributed by atoms with Crippen molar-refractivity contribution in [2.75, 3.05) is 47.3 Å². The Hall–Kier alpha value is -1.50. The highest BCUT2D eigenvalue weighted by molar-refractivity contribution is 5.55. The minimum absolute atomic E-state index is 0.139. The lowest BCUT2D eigenvalue weighted by Crippen LogP contribution is -2.38. The second kappa shape index (κ2) is 6.51. The molecule has 0 saturated carbocycles. The first-order valence-electron chi connectivity index (χ1n) is 7.10. The van der Waals surface area contributed by atoms with Gasteiger partial charge in [-0.25, -0.2) is 0 Å². The van der Waals surface area contributed by atoms with E-state index >= 15 is 0 Å². The Morgan fingerprint density at radius 1 is 1.29 bits per heavy atom. The number of benzene rings is 1. The molecule has 0 aromatic heterocycles. The van der Waals surface area contributed by atoms with Crippen LogP contribution in [0.5, 0.6) is 17.2 Å². The zero-order valence-corrected chi connectivity index (χ0v) is 12.5. The molecular weight excluding hydrogens is 274 g/mol. The number of hydrogen-bond donors (Lipinski definition) is 0. The minimum Gasteiger partial charge on any atom is -0.493 e. The number of rotatable bonds is 5. The Morgan fingerprint density at radius 2 is 2.19 bits per heavy atom. The molecular formula is C15H21NO5. The number of methoxy groups -OCH3 is 1. The summed E-state index contributed by atoms with van der Waals surface area (Å²) in [6.45, 7) is 3.90. The molecule has 2 aliphatic heterocycles. The van der Waals surface area contributed by atoms with E-state index < -0.39 is 0 Å². The first kappa shape index (κ1) is 14.4. The van der Waals surface area contributed by atoms with Gasteiger partial charge in [-0.3, -0.25) is 4.90 Å². The maximum atomic E-state index is 5.67. The van der Waals surface area contributed by atoms with Crippen molar-refractivity contribution in [3.05, 3.63) is 17.7 Å². The van der Waals surface area contributed by atoms with E-state index in [1.54, 1.807) is 7.11 Å². The van der Waals surface area contributed by atoms with Crippen LogP contribution in [0, 0.1) is 0 Å². The average molecular weight is 295 g/mol. The fourth-order valence-corrected chi connectivity index (χ4v) is 2.64. The summed E-state index contributed by atoms with van der Waals surface area (Å²) in [7, 11) is 3.70. The Morgan fingerprint density at radius 3 is 2.95 bits per heavy atom. The van der Waals surface area contributed by atoms with Gasteiger partial charge in [-0.2, -0.15) is 0 Å². The van der Waals surface area contributed by atoms with Crippen LogP contribution in [0.15, 0.2) is 12.1 Å². The van der Waals surface area contributed by atoms with Crippen LogP contribution in [0.25, 0.3) is 0 Å². The molecule has 6 heteroatoms. The summed E-state index contributed by atoms with van der Waals surface area (Å²) >= 11 is 0. The van der Waals surface area contributed by atoms with Crippen molar-refractivity contribution in [2.45, 2.75) is 12.6 Å². The molecule has 0 bridgehead atoms. The largest absolute Gasteiger partial charge is 0.493 e. The van der Waals surface area contributed by atoms with Crippen molar-refractivity contribution in [1.29, 1.82) is 0 Å². The number of hydrogen-bond acceptors (Lipinski definition) is 6. The highest BCUT2D eigenvalue weighted by Gasteiger charge is 2.21. The second-order valence-corrected chi connectivity index (χ2v) is 5.30. The molecule has 2 aliphatic rings. The monoisotopic (exact) mass is 295 g/mol. The topological polar surface area (TPSA) is 49.4 Å². The zero-order chi connectivity index (χ0) is 14.7. The van der Waals surface area contributed by atoms with E-state index in [-0.39, 0.29) is 12.9 Å². The predicted octanol–water partition coefficient (Wildman–Crippen LogP) is 1.27. The van der Waals surface area contributed by atoms with Crippen molar-refractivity contribution < 1.29 is 23.7 Å². The van der Waals surface area contributed by atoms with E-state index in [2.05, 4.69) is 11.9 Å². The van der Waals surface area contributed by atoms with Crippen molar-refractivity contribution in [3.8, 4) is 17.2 Å². The lowest BCUT2D eigenvalue weighted by atomic mass is 10.1. The Labute approximate surface area is 124 Å². The maximum Gasteiger partial charge on any atom is 0.231 e. The van der Waals surface area contributed by atoms with Gasteiger partial charge < -0.3 is 23.7 Å². The highest BCUT2D eigenvalue weighted by Crippen LogP contribution is 2.41. The summed E-state index contributed by atoms with van der Waals surface area (Å²) in [5.41, 5.74) is 1.12. The molecule has 0 unspecified atom stereocenters. The molecule has 0 amide bonds. The maximum absolute atomic E-state index is 5.67. The smallest absolute Gasteiger partial charge is 0.231 e. The molecule has 0 radical (unpaired) electrons. The predicted molar refractivity (Wildman–Crippen MR) is 76.0 cm³/mol. The fourth-order valence-electron chi connectivity index (χ4n) is 2.64. The fraction of sp³-hybridized carbons (Fsp3) is 0.600. The first-order valence-corrected chi connectivity index (χ1v) is 7.10. The van der Waals surface area contributed by atoms with E-state index in [1.807, 2.05) is 12.1 Å². The van der Waals surface area contributed by atoms with E-state index in [1.165, 1.54) is 0 Å². The van der Waals surface area contributed by atoms with Gasteiger partial charge in [0.25, 0.3) is 0 Å². The van der Waals surface area contributed by atoms with Gasteiger partial charge in [-0.1, -0.05) is 0 Å². The molecule has 1 aromatic rings. The lowest BCUT2D eigenvalue weighted by molar-refractivity contribution is -0.0962. The van der Waals surface area contributed by atoms with Crippen LogP contribution in [0.4, 0.5) is 0 Å². The van der Waals surface area contributed by atoms with Crippen LogP contribution in [-0.4, -0.2) is 58.3 Å². The van der Waals surface area contributed by atoms with Gasteiger partial charge in [-0.15, -0.1) is 0 Å². The van der Waals surface area contributed by atoms with Crippen molar-refractivity contribution >= 4 is 0 Å². The van der Waals surface area contributed by atoms with Crippen LogP contribution in [0.2, 0.25) is 0 Å². The van der Waals surface area contributed by atoms with Gasteiger partial charge in [0.15, 0.2) is 11.5 Å². The van der Waals surface area contributed by atoms with E-state index in [4.69, 9.17) is 23.7 Å². The number of likely N-dealkylation sites (N-methyl/N-ethyl adjacent to an activating group) is 1. The normalized spacial score (nSPS) is 20.8. The van der Waals surface area contributed by atoms with Crippen LogP contribution >= 0.6 is 0 Å². The summed E-state index contributed by atoms with van der Waals surface area (Å²) in [5.74, 6) is 2.15. The third kappa shape index (κ3) is 3.40. The highest BCUT2D eigenvalue weighted by atomic mass is 16.7. The molecule has 21 heavy (non-hydrogen) atoms. The van der Waals surface area contributed by atoms with Crippen LogP contribution in [0.1, 0.15) is 5.56 Å². The van der Waals surface area contributed by atoms with Crippen LogP contribution < -0.4 is 14.2 Å².